The minimum Gasteiger partial charge on any atom is -0.504 e. The maximum atomic E-state index is 12.4. The normalized spacial score (nSPS) is 10.9. The molecule has 184 valence electrons. The van der Waals surface area contributed by atoms with Crippen LogP contribution in [0.2, 0.25) is 0 Å². The number of phenols is 1. The van der Waals surface area contributed by atoms with Crippen molar-refractivity contribution in [2.75, 3.05) is 19.5 Å². The van der Waals surface area contributed by atoms with E-state index in [0.717, 1.165) is 17.0 Å². The molecular formula is C26H25N5O4S. The Morgan fingerprint density at radius 1 is 1.11 bits per heavy atom. The fourth-order valence-corrected chi connectivity index (χ4v) is 4.09. The van der Waals surface area contributed by atoms with Crippen molar-refractivity contribution in [2.24, 2.45) is 5.10 Å². The van der Waals surface area contributed by atoms with Crippen LogP contribution in [0.15, 0.2) is 83.1 Å². The zero-order valence-corrected chi connectivity index (χ0v) is 20.6. The summed E-state index contributed by atoms with van der Waals surface area (Å²) in [7, 11) is 1.46. The third kappa shape index (κ3) is 6.02. The van der Waals surface area contributed by atoms with Gasteiger partial charge in [-0.3, -0.25) is 9.36 Å². The highest BCUT2D eigenvalue weighted by molar-refractivity contribution is 7.99. The molecule has 9 nitrogen and oxygen atoms in total. The molecule has 3 aromatic carbocycles. The third-order valence-corrected chi connectivity index (χ3v) is 5.94. The van der Waals surface area contributed by atoms with Crippen molar-refractivity contribution in [3.05, 3.63) is 78.4 Å². The molecule has 4 rings (SSSR count). The molecule has 0 aliphatic carbocycles. The van der Waals surface area contributed by atoms with Gasteiger partial charge in [0.25, 0.3) is 5.91 Å². The minimum absolute atomic E-state index is 0.0293. The standard InChI is InChI=1S/C26H25N5O4S/c1-3-35-21-12-10-20(11-13-21)31-25(19-7-5-4-6-8-19)29-30-26(31)36-17-24(33)28-27-16-18-9-14-22(32)23(15-18)34-2/h4-16,32H,3,17H2,1-2H3,(H,28,33). The molecule has 10 heteroatoms. The van der Waals surface area contributed by atoms with Gasteiger partial charge in [0.2, 0.25) is 0 Å². The Balaban J connectivity index is 1.49. The van der Waals surface area contributed by atoms with E-state index in [4.69, 9.17) is 9.47 Å². The van der Waals surface area contributed by atoms with Gasteiger partial charge in [-0.25, -0.2) is 5.43 Å². The van der Waals surface area contributed by atoms with E-state index in [-0.39, 0.29) is 17.4 Å². The van der Waals surface area contributed by atoms with Crippen LogP contribution >= 0.6 is 11.8 Å². The lowest BCUT2D eigenvalue weighted by Crippen LogP contribution is -2.20. The summed E-state index contributed by atoms with van der Waals surface area (Å²) >= 11 is 1.25. The SMILES string of the molecule is CCOc1ccc(-n2c(SCC(=O)NN=Cc3ccc(O)c(OC)c3)nnc2-c2ccccc2)cc1. The van der Waals surface area contributed by atoms with Crippen molar-refractivity contribution in [3.8, 4) is 34.3 Å². The number of carbonyl (C=O) groups is 1. The number of rotatable bonds is 10. The summed E-state index contributed by atoms with van der Waals surface area (Å²) < 4.78 is 12.5. The van der Waals surface area contributed by atoms with Gasteiger partial charge < -0.3 is 14.6 Å². The lowest BCUT2D eigenvalue weighted by atomic mass is 10.2. The summed E-state index contributed by atoms with van der Waals surface area (Å²) in [6.45, 7) is 2.52. The Morgan fingerprint density at radius 3 is 2.61 bits per heavy atom. The monoisotopic (exact) mass is 503 g/mol. The first-order valence-corrected chi connectivity index (χ1v) is 12.1. The van der Waals surface area contributed by atoms with Crippen molar-refractivity contribution in [1.82, 2.24) is 20.2 Å². The number of hydrazone groups is 1. The highest BCUT2D eigenvalue weighted by Gasteiger charge is 2.17. The summed E-state index contributed by atoms with van der Waals surface area (Å²) in [4.78, 5) is 12.4. The van der Waals surface area contributed by atoms with Crippen molar-refractivity contribution in [3.63, 3.8) is 0 Å². The number of amides is 1. The molecule has 1 aromatic heterocycles. The van der Waals surface area contributed by atoms with Gasteiger partial charge in [0.05, 0.1) is 25.7 Å². The van der Waals surface area contributed by atoms with Crippen molar-refractivity contribution in [1.29, 1.82) is 0 Å². The number of nitrogens with zero attached hydrogens (tertiary/aromatic N) is 4. The van der Waals surface area contributed by atoms with Gasteiger partial charge in [-0.2, -0.15) is 5.10 Å². The van der Waals surface area contributed by atoms with Crippen LogP contribution < -0.4 is 14.9 Å². The number of carbonyl (C=O) groups excluding carboxylic acids is 1. The van der Waals surface area contributed by atoms with Gasteiger partial charge in [0, 0.05) is 11.3 Å². The van der Waals surface area contributed by atoms with Crippen molar-refractivity contribution < 1.29 is 19.4 Å². The van der Waals surface area contributed by atoms with Crippen LogP contribution in [0.3, 0.4) is 0 Å². The molecule has 0 radical (unpaired) electrons. The predicted molar refractivity (Wildman–Crippen MR) is 139 cm³/mol. The maximum Gasteiger partial charge on any atom is 0.250 e. The van der Waals surface area contributed by atoms with Crippen LogP contribution in [-0.4, -0.2) is 51.5 Å². The summed E-state index contributed by atoms with van der Waals surface area (Å²) in [6.07, 6.45) is 1.47. The molecule has 0 saturated heterocycles. The lowest BCUT2D eigenvalue weighted by Gasteiger charge is -2.11. The Bertz CT molecular complexity index is 1340. The summed E-state index contributed by atoms with van der Waals surface area (Å²) in [6, 6.07) is 22.2. The topological polar surface area (TPSA) is 111 Å². The summed E-state index contributed by atoms with van der Waals surface area (Å²) in [5, 5.41) is 23.0. The molecule has 1 amide bonds. The van der Waals surface area contributed by atoms with Gasteiger partial charge in [-0.05, 0) is 55.0 Å². The smallest absolute Gasteiger partial charge is 0.250 e. The van der Waals surface area contributed by atoms with Crippen LogP contribution in [0, 0.1) is 0 Å². The number of thioether (sulfide) groups is 1. The van der Waals surface area contributed by atoms with E-state index in [2.05, 4.69) is 20.7 Å². The molecule has 0 aliphatic rings. The van der Waals surface area contributed by atoms with Crippen LogP contribution in [0.25, 0.3) is 17.1 Å². The first-order valence-electron chi connectivity index (χ1n) is 11.1. The summed E-state index contributed by atoms with van der Waals surface area (Å²) in [5.74, 6) is 1.57. The van der Waals surface area contributed by atoms with Gasteiger partial charge in [0.15, 0.2) is 22.5 Å². The fraction of sp³-hybridized carbons (Fsp3) is 0.154. The number of phenolic OH excluding ortho intramolecular Hbond substituents is 1. The highest BCUT2D eigenvalue weighted by Crippen LogP contribution is 2.29. The van der Waals surface area contributed by atoms with Crippen LogP contribution in [-0.2, 0) is 4.79 Å². The number of aromatic nitrogens is 3. The number of nitrogens with one attached hydrogen (secondary N) is 1. The summed E-state index contributed by atoms with van der Waals surface area (Å²) in [5.41, 5.74) is 4.93. The Kier molecular flexibility index (Phi) is 8.20. The number of ether oxygens (including phenoxy) is 2. The number of hydrogen-bond donors (Lipinski definition) is 2. The Morgan fingerprint density at radius 2 is 1.89 bits per heavy atom. The Hall–Kier alpha value is -4.31. The average molecular weight is 504 g/mol. The van der Waals surface area contributed by atoms with E-state index in [1.54, 1.807) is 12.1 Å². The Labute approximate surface area is 212 Å². The molecule has 0 fully saturated rings. The first kappa shape index (κ1) is 24.8. The number of aromatic hydroxyl groups is 1. The second kappa shape index (κ2) is 11.9. The second-order valence-electron chi connectivity index (χ2n) is 7.45. The third-order valence-electron chi connectivity index (χ3n) is 5.01. The lowest BCUT2D eigenvalue weighted by molar-refractivity contribution is -0.118. The van der Waals surface area contributed by atoms with Crippen LogP contribution in [0.1, 0.15) is 12.5 Å². The van der Waals surface area contributed by atoms with Crippen LogP contribution in [0.5, 0.6) is 17.2 Å². The van der Waals surface area contributed by atoms with Gasteiger partial charge in [0.1, 0.15) is 5.75 Å². The first-order chi connectivity index (χ1) is 17.6. The van der Waals surface area contributed by atoms with E-state index >= 15 is 0 Å². The van der Waals surface area contributed by atoms with Crippen molar-refractivity contribution >= 4 is 23.9 Å². The molecular weight excluding hydrogens is 478 g/mol. The molecule has 2 N–H and O–H groups in total. The molecule has 0 atom stereocenters. The van der Waals surface area contributed by atoms with Crippen molar-refractivity contribution in [2.45, 2.75) is 12.1 Å². The molecule has 0 saturated carbocycles. The maximum absolute atomic E-state index is 12.4. The van der Waals surface area contributed by atoms with Gasteiger partial charge >= 0.3 is 0 Å². The number of methoxy groups -OCH3 is 1. The molecule has 0 spiro atoms. The molecule has 0 unspecified atom stereocenters. The number of hydrogen-bond acceptors (Lipinski definition) is 8. The zero-order chi connectivity index (χ0) is 25.3. The van der Waals surface area contributed by atoms with E-state index in [1.807, 2.05) is 66.1 Å². The van der Waals surface area contributed by atoms with Gasteiger partial charge in [-0.15, -0.1) is 10.2 Å². The van der Waals surface area contributed by atoms with E-state index in [1.165, 1.54) is 31.2 Å². The fourth-order valence-electron chi connectivity index (χ4n) is 3.34. The highest BCUT2D eigenvalue weighted by atomic mass is 32.2. The molecule has 1 heterocycles. The minimum atomic E-state index is -0.301. The molecule has 0 bridgehead atoms. The van der Waals surface area contributed by atoms with Crippen LogP contribution in [0.4, 0.5) is 0 Å². The molecule has 4 aromatic rings. The zero-order valence-electron chi connectivity index (χ0n) is 19.8. The predicted octanol–water partition coefficient (Wildman–Crippen LogP) is 4.29. The van der Waals surface area contributed by atoms with E-state index in [0.29, 0.717) is 28.9 Å². The molecule has 0 aliphatic heterocycles. The average Bonchev–Trinajstić information content (AvgIpc) is 3.33. The van der Waals surface area contributed by atoms with E-state index in [9.17, 15) is 9.90 Å². The quantitative estimate of drug-likeness (QED) is 0.189. The largest absolute Gasteiger partial charge is 0.504 e. The van der Waals surface area contributed by atoms with E-state index < -0.39 is 0 Å². The molecule has 36 heavy (non-hydrogen) atoms. The number of benzene rings is 3. The second-order valence-corrected chi connectivity index (χ2v) is 8.39. The van der Waals surface area contributed by atoms with Gasteiger partial charge in [-0.1, -0.05) is 42.1 Å².